The first-order valence-corrected chi connectivity index (χ1v) is 12.8. The van der Waals surface area contributed by atoms with E-state index in [0.717, 1.165) is 69.6 Å². The first-order chi connectivity index (χ1) is 15.9. The zero-order valence-electron chi connectivity index (χ0n) is 20.7. The predicted octanol–water partition coefficient (Wildman–Crippen LogP) is 4.27. The molecule has 0 saturated heterocycles. The van der Waals surface area contributed by atoms with Crippen LogP contribution in [0.3, 0.4) is 0 Å². The Balaban J connectivity index is 1.59. The smallest absolute Gasteiger partial charge is 0.271 e. The highest BCUT2D eigenvalue weighted by molar-refractivity contribution is 6.02. The van der Waals surface area contributed by atoms with Crippen LogP contribution in [0.25, 0.3) is 11.1 Å². The summed E-state index contributed by atoms with van der Waals surface area (Å²) in [5, 5.41) is 3.32. The van der Waals surface area contributed by atoms with Gasteiger partial charge in [-0.3, -0.25) is 9.59 Å². The van der Waals surface area contributed by atoms with Crippen LogP contribution in [-0.2, 0) is 11.3 Å². The van der Waals surface area contributed by atoms with Gasteiger partial charge >= 0.3 is 0 Å². The highest BCUT2D eigenvalue weighted by Crippen LogP contribution is 2.33. The van der Waals surface area contributed by atoms with Crippen LogP contribution in [0.15, 0.2) is 22.8 Å². The number of rotatable bonds is 9. The van der Waals surface area contributed by atoms with Gasteiger partial charge in [0.2, 0.25) is 5.91 Å². The molecule has 0 bridgehead atoms. The van der Waals surface area contributed by atoms with Crippen molar-refractivity contribution in [2.24, 2.45) is 5.92 Å². The van der Waals surface area contributed by atoms with Crippen molar-refractivity contribution in [3.8, 4) is 0 Å². The van der Waals surface area contributed by atoms with Gasteiger partial charge in [0.1, 0.15) is 11.2 Å². The zero-order chi connectivity index (χ0) is 23.6. The van der Waals surface area contributed by atoms with E-state index in [9.17, 15) is 9.59 Å². The van der Waals surface area contributed by atoms with E-state index in [4.69, 9.17) is 4.42 Å². The molecule has 3 heterocycles. The van der Waals surface area contributed by atoms with E-state index in [1.165, 1.54) is 0 Å². The van der Waals surface area contributed by atoms with Gasteiger partial charge in [0, 0.05) is 31.3 Å². The summed E-state index contributed by atoms with van der Waals surface area (Å²) in [6.07, 6.45) is 8.23. The first-order valence-electron chi connectivity index (χ1n) is 12.8. The molecular weight excluding hydrogens is 416 g/mol. The Morgan fingerprint density at radius 2 is 2.00 bits per heavy atom. The van der Waals surface area contributed by atoms with E-state index in [0.29, 0.717) is 24.4 Å². The van der Waals surface area contributed by atoms with E-state index in [1.807, 2.05) is 28.5 Å². The summed E-state index contributed by atoms with van der Waals surface area (Å²) in [5.41, 5.74) is 1.24. The van der Waals surface area contributed by atoms with Crippen LogP contribution >= 0.6 is 0 Å². The molecular formula is C26H40N4O3. The third-order valence-electron chi connectivity index (χ3n) is 7.80. The maximum Gasteiger partial charge on any atom is 0.271 e. The molecule has 2 aliphatic rings. The lowest BCUT2D eigenvalue weighted by Gasteiger charge is -2.45. The fraction of sp³-hybridized carbons (Fsp3) is 0.692. The summed E-state index contributed by atoms with van der Waals surface area (Å²) in [6, 6.07) is 3.89. The number of nitrogens with zero attached hydrogens (tertiary/aromatic N) is 3. The summed E-state index contributed by atoms with van der Waals surface area (Å²) >= 11 is 0. The normalized spacial score (nSPS) is 25.6. The van der Waals surface area contributed by atoms with E-state index in [-0.39, 0.29) is 17.9 Å². The fourth-order valence-corrected chi connectivity index (χ4v) is 5.42. The number of unbranched alkanes of at least 4 members (excludes halogenated alkanes) is 1. The Morgan fingerprint density at radius 3 is 2.70 bits per heavy atom. The SMILES string of the molecule is CCCCN(CC)CCN1C(=O)c2cc3occc3n2C[C@]1(C)C(=O)NC1CCC(C)CC1. The molecule has 0 aromatic carbocycles. The van der Waals surface area contributed by atoms with Gasteiger partial charge < -0.3 is 24.1 Å². The largest absolute Gasteiger partial charge is 0.463 e. The topological polar surface area (TPSA) is 70.7 Å². The average molecular weight is 457 g/mol. The van der Waals surface area contributed by atoms with E-state index < -0.39 is 5.54 Å². The minimum atomic E-state index is -0.944. The maximum absolute atomic E-state index is 13.8. The van der Waals surface area contributed by atoms with Crippen molar-refractivity contribution >= 4 is 22.9 Å². The maximum atomic E-state index is 13.8. The second-order valence-corrected chi connectivity index (χ2v) is 10.2. The predicted molar refractivity (Wildman–Crippen MR) is 130 cm³/mol. The van der Waals surface area contributed by atoms with Crippen molar-refractivity contribution in [2.75, 3.05) is 26.2 Å². The molecule has 2 aromatic heterocycles. The zero-order valence-corrected chi connectivity index (χ0v) is 20.7. The number of furan rings is 1. The molecule has 1 atom stereocenters. The summed E-state index contributed by atoms with van der Waals surface area (Å²) < 4.78 is 7.54. The van der Waals surface area contributed by atoms with Gasteiger partial charge in [0.15, 0.2) is 5.58 Å². The summed E-state index contributed by atoms with van der Waals surface area (Å²) in [7, 11) is 0. The Morgan fingerprint density at radius 1 is 1.24 bits per heavy atom. The minimum absolute atomic E-state index is 0.0389. The molecule has 0 radical (unpaired) electrons. The van der Waals surface area contributed by atoms with Crippen LogP contribution in [0.1, 0.15) is 76.7 Å². The molecule has 1 aliphatic carbocycles. The summed E-state index contributed by atoms with van der Waals surface area (Å²) in [4.78, 5) is 31.7. The molecule has 2 aromatic rings. The molecule has 33 heavy (non-hydrogen) atoms. The number of likely N-dealkylation sites (N-methyl/N-ethyl adjacent to an activating group) is 1. The molecule has 0 spiro atoms. The Kier molecular flexibility index (Phi) is 7.17. The molecule has 0 unspecified atom stereocenters. The standard InChI is InChI=1S/C26H40N4O3/c1-5-7-13-28(6-2)14-15-30-24(31)22-17-23-21(12-16-33-23)29(22)18-26(30,4)25(32)27-20-10-8-19(3)9-11-20/h12,16-17,19-20H,5-11,13-15,18H2,1-4H3,(H,27,32)/t19?,20?,26-/m1/s1. The van der Waals surface area contributed by atoms with Gasteiger partial charge in [-0.1, -0.05) is 27.2 Å². The second kappa shape index (κ2) is 9.92. The summed E-state index contributed by atoms with van der Waals surface area (Å²) in [5.74, 6) is 0.596. The van der Waals surface area contributed by atoms with E-state index >= 15 is 0 Å². The van der Waals surface area contributed by atoms with Gasteiger partial charge in [-0.25, -0.2) is 0 Å². The number of hydrogen-bond donors (Lipinski definition) is 1. The number of amides is 2. The number of fused-ring (bicyclic) bond motifs is 3. The van der Waals surface area contributed by atoms with Gasteiger partial charge in [-0.15, -0.1) is 0 Å². The molecule has 182 valence electrons. The quantitative estimate of drug-likeness (QED) is 0.612. The Hall–Kier alpha value is -2.28. The van der Waals surface area contributed by atoms with Crippen molar-refractivity contribution < 1.29 is 14.0 Å². The Labute approximate surface area is 197 Å². The minimum Gasteiger partial charge on any atom is -0.463 e. The van der Waals surface area contributed by atoms with Gasteiger partial charge in [-0.2, -0.15) is 0 Å². The van der Waals surface area contributed by atoms with Gasteiger partial charge in [0.25, 0.3) is 5.91 Å². The third-order valence-corrected chi connectivity index (χ3v) is 7.80. The lowest BCUT2D eigenvalue weighted by molar-refractivity contribution is -0.134. The molecule has 1 fully saturated rings. The molecule has 1 aliphatic heterocycles. The molecule has 4 rings (SSSR count). The second-order valence-electron chi connectivity index (χ2n) is 10.2. The lowest BCUT2D eigenvalue weighted by atomic mass is 9.86. The van der Waals surface area contributed by atoms with Crippen LogP contribution in [0.4, 0.5) is 0 Å². The number of hydrogen-bond acceptors (Lipinski definition) is 4. The van der Waals surface area contributed by atoms with Crippen LogP contribution in [0, 0.1) is 5.92 Å². The monoisotopic (exact) mass is 456 g/mol. The van der Waals surface area contributed by atoms with E-state index in [1.54, 1.807) is 6.26 Å². The highest BCUT2D eigenvalue weighted by Gasteiger charge is 2.48. The average Bonchev–Trinajstić information content (AvgIpc) is 3.39. The van der Waals surface area contributed by atoms with Crippen LogP contribution in [0.5, 0.6) is 0 Å². The highest BCUT2D eigenvalue weighted by atomic mass is 16.3. The van der Waals surface area contributed by atoms with Crippen LogP contribution < -0.4 is 5.32 Å². The Bertz CT molecular complexity index is 971. The number of carbonyl (C=O) groups excluding carboxylic acids is 2. The number of carbonyl (C=O) groups is 2. The molecule has 7 heteroatoms. The van der Waals surface area contributed by atoms with Gasteiger partial charge in [0.05, 0.1) is 18.3 Å². The molecule has 1 saturated carbocycles. The first kappa shape index (κ1) is 23.9. The van der Waals surface area contributed by atoms with Crippen molar-refractivity contribution in [3.63, 3.8) is 0 Å². The van der Waals surface area contributed by atoms with Crippen molar-refractivity contribution in [1.82, 2.24) is 19.7 Å². The fourth-order valence-electron chi connectivity index (χ4n) is 5.42. The molecule has 2 amide bonds. The van der Waals surface area contributed by atoms with Gasteiger partial charge in [-0.05, 0) is 58.0 Å². The van der Waals surface area contributed by atoms with E-state index in [2.05, 4.69) is 31.0 Å². The number of nitrogens with one attached hydrogen (secondary N) is 1. The lowest BCUT2D eigenvalue weighted by Crippen LogP contribution is -2.65. The number of aromatic nitrogens is 1. The van der Waals surface area contributed by atoms with Crippen molar-refractivity contribution in [1.29, 1.82) is 0 Å². The summed E-state index contributed by atoms with van der Waals surface area (Å²) in [6.45, 7) is 12.3. The van der Waals surface area contributed by atoms with Crippen molar-refractivity contribution in [3.05, 3.63) is 24.1 Å². The molecule has 1 N–H and O–H groups in total. The van der Waals surface area contributed by atoms with Crippen molar-refractivity contribution in [2.45, 2.75) is 84.3 Å². The third kappa shape index (κ3) is 4.70. The van der Waals surface area contributed by atoms with Crippen LogP contribution in [-0.4, -0.2) is 63.9 Å². The molecule has 7 nitrogen and oxygen atoms in total. The van der Waals surface area contributed by atoms with Crippen LogP contribution in [0.2, 0.25) is 0 Å².